The van der Waals surface area contributed by atoms with Crippen molar-refractivity contribution < 1.29 is 4.39 Å². The molecule has 1 rings (SSSR count). The van der Waals surface area contributed by atoms with Gasteiger partial charge in [0.25, 0.3) is 0 Å². The molecule has 3 heteroatoms. The molecule has 0 saturated carbocycles. The van der Waals surface area contributed by atoms with Crippen molar-refractivity contribution in [3.05, 3.63) is 45.7 Å². The maximum atomic E-state index is 14.0. The molecule has 1 N–H and O–H groups in total. The predicted molar refractivity (Wildman–Crippen MR) is 74.6 cm³/mol. The second kappa shape index (κ2) is 6.92. The van der Waals surface area contributed by atoms with Gasteiger partial charge in [-0.1, -0.05) is 30.7 Å². The number of nitrogens with one attached hydrogen (secondary N) is 1. The van der Waals surface area contributed by atoms with Crippen LogP contribution in [0.15, 0.2) is 34.3 Å². The highest BCUT2D eigenvalue weighted by Crippen LogP contribution is 2.25. The molecule has 1 aromatic carbocycles. The average Bonchev–Trinajstić information content (AvgIpc) is 2.28. The van der Waals surface area contributed by atoms with E-state index in [1.807, 2.05) is 26.0 Å². The highest BCUT2D eigenvalue weighted by molar-refractivity contribution is 9.10. The molecule has 0 aromatic heterocycles. The molecular formula is C14H19BrFN. The fourth-order valence-electron chi connectivity index (χ4n) is 1.65. The van der Waals surface area contributed by atoms with Crippen LogP contribution in [0.2, 0.25) is 0 Å². The molecule has 0 heterocycles. The first-order valence-corrected chi connectivity index (χ1v) is 6.67. The van der Waals surface area contributed by atoms with E-state index in [9.17, 15) is 4.39 Å². The van der Waals surface area contributed by atoms with E-state index in [4.69, 9.17) is 0 Å². The van der Waals surface area contributed by atoms with Crippen LogP contribution < -0.4 is 5.32 Å². The molecule has 1 atom stereocenters. The van der Waals surface area contributed by atoms with Crippen LogP contribution in [0.4, 0.5) is 4.39 Å². The molecule has 1 nitrogen and oxygen atoms in total. The molecule has 0 aliphatic heterocycles. The molecule has 0 saturated heterocycles. The minimum atomic E-state index is -0.182. The minimum absolute atomic E-state index is 0.0579. The second-order valence-electron chi connectivity index (χ2n) is 4.32. The van der Waals surface area contributed by atoms with Crippen molar-refractivity contribution in [3.8, 4) is 0 Å². The lowest BCUT2D eigenvalue weighted by atomic mass is 10.0. The Labute approximate surface area is 111 Å². The fraction of sp³-hybridized carbons (Fsp3) is 0.429. The Balaban J connectivity index is 3.03. The molecule has 0 aliphatic rings. The van der Waals surface area contributed by atoms with Crippen molar-refractivity contribution in [2.24, 2.45) is 0 Å². The predicted octanol–water partition coefficient (Wildman–Crippen LogP) is 4.60. The third-order valence-electron chi connectivity index (χ3n) is 2.43. The maximum Gasteiger partial charge on any atom is 0.142 e. The molecule has 0 aliphatic carbocycles. The van der Waals surface area contributed by atoms with Gasteiger partial charge < -0.3 is 5.32 Å². The number of benzene rings is 1. The smallest absolute Gasteiger partial charge is 0.142 e. The summed E-state index contributed by atoms with van der Waals surface area (Å²) < 4.78 is 14.5. The third kappa shape index (κ3) is 4.25. The van der Waals surface area contributed by atoms with E-state index in [2.05, 4.69) is 34.2 Å². The van der Waals surface area contributed by atoms with Crippen LogP contribution in [0.1, 0.15) is 38.8 Å². The van der Waals surface area contributed by atoms with Crippen molar-refractivity contribution in [2.45, 2.75) is 33.2 Å². The van der Waals surface area contributed by atoms with E-state index in [1.165, 1.54) is 5.57 Å². The van der Waals surface area contributed by atoms with Gasteiger partial charge in [0.1, 0.15) is 5.82 Å². The molecular weight excluding hydrogens is 281 g/mol. The Bertz CT molecular complexity index is 397. The molecule has 0 amide bonds. The van der Waals surface area contributed by atoms with Crippen molar-refractivity contribution in [3.63, 3.8) is 0 Å². The quantitative estimate of drug-likeness (QED) is 0.784. The Hall–Kier alpha value is -0.670. The summed E-state index contributed by atoms with van der Waals surface area (Å²) in [5, 5.41) is 3.35. The fourth-order valence-corrected chi connectivity index (χ4v) is 2.03. The normalized spacial score (nSPS) is 12.3. The van der Waals surface area contributed by atoms with E-state index in [1.54, 1.807) is 6.07 Å². The summed E-state index contributed by atoms with van der Waals surface area (Å²) >= 11 is 3.23. The molecule has 0 spiro atoms. The zero-order chi connectivity index (χ0) is 12.8. The highest BCUT2D eigenvalue weighted by Gasteiger charge is 2.14. The van der Waals surface area contributed by atoms with Gasteiger partial charge in [0.15, 0.2) is 0 Å². The minimum Gasteiger partial charge on any atom is -0.307 e. The summed E-state index contributed by atoms with van der Waals surface area (Å²) in [6.45, 7) is 7.03. The van der Waals surface area contributed by atoms with Crippen LogP contribution in [0.5, 0.6) is 0 Å². The number of rotatable bonds is 5. The summed E-state index contributed by atoms with van der Waals surface area (Å²) in [4.78, 5) is 0. The van der Waals surface area contributed by atoms with Crippen molar-refractivity contribution >= 4 is 15.9 Å². The summed E-state index contributed by atoms with van der Waals surface area (Å²) in [7, 11) is 0. The number of halogens is 2. The molecule has 94 valence electrons. The van der Waals surface area contributed by atoms with Crippen LogP contribution in [0.25, 0.3) is 0 Å². The molecule has 17 heavy (non-hydrogen) atoms. The molecule has 0 radical (unpaired) electrons. The van der Waals surface area contributed by atoms with E-state index in [0.717, 1.165) is 13.0 Å². The van der Waals surface area contributed by atoms with E-state index in [0.29, 0.717) is 10.0 Å². The largest absolute Gasteiger partial charge is 0.307 e. The molecule has 0 bridgehead atoms. The van der Waals surface area contributed by atoms with Crippen LogP contribution in [-0.2, 0) is 0 Å². The lowest BCUT2D eigenvalue weighted by Crippen LogP contribution is -2.21. The van der Waals surface area contributed by atoms with E-state index in [-0.39, 0.29) is 11.9 Å². The Morgan fingerprint density at radius 3 is 2.76 bits per heavy atom. The van der Waals surface area contributed by atoms with Crippen LogP contribution >= 0.6 is 15.9 Å². The number of hydrogen-bond donors (Lipinski definition) is 1. The van der Waals surface area contributed by atoms with Gasteiger partial charge >= 0.3 is 0 Å². The van der Waals surface area contributed by atoms with Crippen LogP contribution in [0, 0.1) is 5.82 Å². The average molecular weight is 300 g/mol. The van der Waals surface area contributed by atoms with Gasteiger partial charge in [0, 0.05) is 5.56 Å². The van der Waals surface area contributed by atoms with Crippen molar-refractivity contribution in [1.29, 1.82) is 0 Å². The first-order chi connectivity index (χ1) is 8.06. The third-order valence-corrected chi connectivity index (χ3v) is 3.04. The van der Waals surface area contributed by atoms with Crippen LogP contribution in [0.3, 0.4) is 0 Å². The van der Waals surface area contributed by atoms with E-state index >= 15 is 0 Å². The van der Waals surface area contributed by atoms with Gasteiger partial charge in [0.2, 0.25) is 0 Å². The first-order valence-electron chi connectivity index (χ1n) is 5.88. The van der Waals surface area contributed by atoms with Gasteiger partial charge in [-0.3, -0.25) is 0 Å². The van der Waals surface area contributed by atoms with Crippen molar-refractivity contribution in [1.82, 2.24) is 5.32 Å². The summed E-state index contributed by atoms with van der Waals surface area (Å²) in [5.41, 5.74) is 1.87. The van der Waals surface area contributed by atoms with Gasteiger partial charge in [0.05, 0.1) is 10.5 Å². The van der Waals surface area contributed by atoms with Gasteiger partial charge in [-0.15, -0.1) is 0 Å². The number of allylic oxidation sites excluding steroid dienone is 1. The monoisotopic (exact) mass is 299 g/mol. The van der Waals surface area contributed by atoms with E-state index < -0.39 is 0 Å². The Morgan fingerprint density at radius 2 is 2.18 bits per heavy atom. The Morgan fingerprint density at radius 1 is 1.47 bits per heavy atom. The van der Waals surface area contributed by atoms with Crippen LogP contribution in [-0.4, -0.2) is 6.54 Å². The standard InChI is InChI=1S/C14H19BrFN/c1-4-8-17-13(9-10(2)3)11-6-5-7-12(15)14(11)16/h5-7,9,13,17H,4,8H2,1-3H3. The second-order valence-corrected chi connectivity index (χ2v) is 5.17. The van der Waals surface area contributed by atoms with Gasteiger partial charge in [-0.05, 0) is 48.8 Å². The topological polar surface area (TPSA) is 12.0 Å². The maximum absolute atomic E-state index is 14.0. The van der Waals surface area contributed by atoms with Crippen molar-refractivity contribution in [2.75, 3.05) is 6.54 Å². The summed E-state index contributed by atoms with van der Waals surface area (Å²) in [6, 6.07) is 5.35. The summed E-state index contributed by atoms with van der Waals surface area (Å²) in [5.74, 6) is -0.182. The zero-order valence-corrected chi connectivity index (χ0v) is 12.1. The first kappa shape index (κ1) is 14.4. The zero-order valence-electron chi connectivity index (χ0n) is 10.6. The SMILES string of the molecule is CCCNC(C=C(C)C)c1cccc(Br)c1F. The van der Waals surface area contributed by atoms with Gasteiger partial charge in [-0.25, -0.2) is 4.39 Å². The summed E-state index contributed by atoms with van der Waals surface area (Å²) in [6.07, 6.45) is 3.09. The molecule has 1 aromatic rings. The molecule has 1 unspecified atom stereocenters. The Kier molecular flexibility index (Phi) is 5.86. The number of hydrogen-bond acceptors (Lipinski definition) is 1. The molecule has 0 fully saturated rings. The lowest BCUT2D eigenvalue weighted by molar-refractivity contribution is 0.550. The highest BCUT2D eigenvalue weighted by atomic mass is 79.9. The van der Waals surface area contributed by atoms with Gasteiger partial charge in [-0.2, -0.15) is 0 Å². The lowest BCUT2D eigenvalue weighted by Gasteiger charge is -2.17.